The third-order valence-electron chi connectivity index (χ3n) is 2.24. The predicted octanol–water partition coefficient (Wildman–Crippen LogP) is -0.585. The van der Waals surface area contributed by atoms with Gasteiger partial charge in [0.2, 0.25) is 11.8 Å². The molecule has 0 bridgehead atoms. The number of carbonyl (C=O) groups excluding carboxylic acids is 2. The van der Waals surface area contributed by atoms with Crippen LogP contribution >= 0.6 is 11.8 Å². The molecular formula is C10H19N3O2S. The van der Waals surface area contributed by atoms with E-state index in [2.05, 4.69) is 5.32 Å². The Hall–Kier alpha value is -0.750. The van der Waals surface area contributed by atoms with Gasteiger partial charge in [-0.05, 0) is 12.8 Å². The molecule has 92 valence electrons. The van der Waals surface area contributed by atoms with E-state index in [9.17, 15) is 9.59 Å². The Morgan fingerprint density at radius 3 is 2.75 bits per heavy atom. The van der Waals surface area contributed by atoms with Crippen molar-refractivity contribution in [3.63, 3.8) is 0 Å². The second-order valence-electron chi connectivity index (χ2n) is 3.93. The maximum Gasteiger partial charge on any atom is 0.239 e. The Balaban J connectivity index is 2.13. The van der Waals surface area contributed by atoms with Crippen molar-refractivity contribution in [2.75, 3.05) is 31.6 Å². The second-order valence-corrected chi connectivity index (χ2v) is 5.04. The molecule has 0 heterocycles. The lowest BCUT2D eigenvalue weighted by molar-refractivity contribution is -0.132. The Bertz CT molecular complexity index is 256. The average molecular weight is 245 g/mol. The zero-order valence-electron chi connectivity index (χ0n) is 9.57. The summed E-state index contributed by atoms with van der Waals surface area (Å²) in [5.41, 5.74) is 5.32. The average Bonchev–Trinajstić information content (AvgIpc) is 3.01. The van der Waals surface area contributed by atoms with Gasteiger partial charge >= 0.3 is 0 Å². The van der Waals surface area contributed by atoms with Gasteiger partial charge in [-0.1, -0.05) is 0 Å². The smallest absolute Gasteiger partial charge is 0.239 e. The van der Waals surface area contributed by atoms with Crippen LogP contribution in [0.1, 0.15) is 12.8 Å². The monoisotopic (exact) mass is 245 g/mol. The van der Waals surface area contributed by atoms with Gasteiger partial charge < -0.3 is 16.0 Å². The first-order chi connectivity index (χ1) is 7.63. The third kappa shape index (κ3) is 5.37. The van der Waals surface area contributed by atoms with E-state index in [4.69, 9.17) is 5.73 Å². The first-order valence-corrected chi connectivity index (χ1v) is 6.60. The number of rotatable bonds is 7. The number of hydrogen-bond donors (Lipinski definition) is 2. The van der Waals surface area contributed by atoms with Crippen LogP contribution in [0.5, 0.6) is 0 Å². The van der Waals surface area contributed by atoms with E-state index >= 15 is 0 Å². The van der Waals surface area contributed by atoms with Crippen LogP contribution in [-0.4, -0.2) is 54.4 Å². The lowest BCUT2D eigenvalue weighted by Gasteiger charge is -2.16. The molecule has 5 nitrogen and oxygen atoms in total. The van der Waals surface area contributed by atoms with Gasteiger partial charge in [-0.2, -0.15) is 11.8 Å². The highest BCUT2D eigenvalue weighted by Gasteiger charge is 2.24. The number of hydrogen-bond acceptors (Lipinski definition) is 4. The molecular weight excluding hydrogens is 226 g/mol. The Morgan fingerprint density at radius 1 is 1.50 bits per heavy atom. The van der Waals surface area contributed by atoms with E-state index in [1.807, 2.05) is 0 Å². The van der Waals surface area contributed by atoms with Gasteiger partial charge in [-0.25, -0.2) is 0 Å². The van der Waals surface area contributed by atoms with Crippen LogP contribution < -0.4 is 11.1 Å². The largest absolute Gasteiger partial charge is 0.352 e. The van der Waals surface area contributed by atoms with Crippen LogP contribution in [0.2, 0.25) is 0 Å². The fraction of sp³-hybridized carbons (Fsp3) is 0.800. The normalized spacial score (nSPS) is 14.6. The molecule has 1 aliphatic carbocycles. The van der Waals surface area contributed by atoms with Gasteiger partial charge in [0.1, 0.15) is 0 Å². The van der Waals surface area contributed by atoms with Crippen molar-refractivity contribution in [3.8, 4) is 0 Å². The summed E-state index contributed by atoms with van der Waals surface area (Å²) in [7, 11) is 1.65. The minimum atomic E-state index is -0.0674. The van der Waals surface area contributed by atoms with Gasteiger partial charge in [0, 0.05) is 25.4 Å². The first kappa shape index (κ1) is 13.3. The summed E-state index contributed by atoms with van der Waals surface area (Å²) in [4.78, 5) is 24.4. The zero-order valence-corrected chi connectivity index (χ0v) is 10.4. The molecule has 1 rings (SSSR count). The highest BCUT2D eigenvalue weighted by molar-refractivity contribution is 7.99. The Morgan fingerprint density at radius 2 is 2.19 bits per heavy atom. The molecule has 2 amide bonds. The minimum absolute atomic E-state index is 0.0237. The van der Waals surface area contributed by atoms with Crippen molar-refractivity contribution in [2.24, 2.45) is 5.73 Å². The van der Waals surface area contributed by atoms with Gasteiger partial charge in [-0.3, -0.25) is 9.59 Å². The number of amides is 2. The SMILES string of the molecule is CN(CC(=O)NC1CC1)C(=O)CSCCN. The summed E-state index contributed by atoms with van der Waals surface area (Å²) in [5, 5.41) is 2.85. The maximum absolute atomic E-state index is 11.5. The highest BCUT2D eigenvalue weighted by Crippen LogP contribution is 2.18. The molecule has 0 saturated heterocycles. The maximum atomic E-state index is 11.5. The van der Waals surface area contributed by atoms with Crippen molar-refractivity contribution in [3.05, 3.63) is 0 Å². The molecule has 0 aromatic heterocycles. The van der Waals surface area contributed by atoms with Crippen LogP contribution in [0.4, 0.5) is 0 Å². The van der Waals surface area contributed by atoms with E-state index in [0.29, 0.717) is 18.3 Å². The highest BCUT2D eigenvalue weighted by atomic mass is 32.2. The fourth-order valence-electron chi connectivity index (χ4n) is 1.16. The molecule has 1 saturated carbocycles. The van der Waals surface area contributed by atoms with Crippen LogP contribution in [0.25, 0.3) is 0 Å². The number of nitrogens with one attached hydrogen (secondary N) is 1. The van der Waals surface area contributed by atoms with Gasteiger partial charge in [-0.15, -0.1) is 0 Å². The molecule has 0 radical (unpaired) electrons. The molecule has 0 spiro atoms. The first-order valence-electron chi connectivity index (χ1n) is 5.44. The van der Waals surface area contributed by atoms with Crippen molar-refractivity contribution in [1.82, 2.24) is 10.2 Å². The number of nitrogens with zero attached hydrogens (tertiary/aromatic N) is 1. The van der Waals surface area contributed by atoms with Crippen LogP contribution in [0.3, 0.4) is 0 Å². The lowest BCUT2D eigenvalue weighted by Crippen LogP contribution is -2.39. The van der Waals surface area contributed by atoms with Gasteiger partial charge in [0.25, 0.3) is 0 Å². The van der Waals surface area contributed by atoms with E-state index in [1.165, 1.54) is 16.7 Å². The van der Waals surface area contributed by atoms with Crippen LogP contribution in [-0.2, 0) is 9.59 Å². The summed E-state index contributed by atoms with van der Waals surface area (Å²) in [5.74, 6) is 1.07. The molecule has 3 N–H and O–H groups in total. The van der Waals surface area contributed by atoms with Gasteiger partial charge in [0.05, 0.1) is 12.3 Å². The predicted molar refractivity (Wildman–Crippen MR) is 65.2 cm³/mol. The van der Waals surface area contributed by atoms with Crippen molar-refractivity contribution in [2.45, 2.75) is 18.9 Å². The summed E-state index contributed by atoms with van der Waals surface area (Å²) >= 11 is 1.50. The molecule has 0 aliphatic heterocycles. The van der Waals surface area contributed by atoms with E-state index < -0.39 is 0 Å². The van der Waals surface area contributed by atoms with E-state index in [1.54, 1.807) is 7.05 Å². The van der Waals surface area contributed by atoms with Crippen molar-refractivity contribution >= 4 is 23.6 Å². The summed E-state index contributed by atoms with van der Waals surface area (Å²) in [6, 6.07) is 0.350. The lowest BCUT2D eigenvalue weighted by atomic mass is 10.5. The van der Waals surface area contributed by atoms with Crippen LogP contribution in [0.15, 0.2) is 0 Å². The van der Waals surface area contributed by atoms with Crippen LogP contribution in [0, 0.1) is 0 Å². The number of nitrogens with two attached hydrogens (primary N) is 1. The van der Waals surface area contributed by atoms with Gasteiger partial charge in [0.15, 0.2) is 0 Å². The standard InChI is InChI=1S/C10H19N3O2S/c1-13(10(15)7-16-5-4-11)6-9(14)12-8-2-3-8/h8H,2-7,11H2,1H3,(H,12,14). The summed E-state index contributed by atoms with van der Waals surface area (Å²) in [6.45, 7) is 0.725. The number of likely N-dealkylation sites (N-methyl/N-ethyl adjacent to an activating group) is 1. The Labute approximate surface area is 100 Å². The zero-order chi connectivity index (χ0) is 12.0. The third-order valence-corrected chi connectivity index (χ3v) is 3.21. The minimum Gasteiger partial charge on any atom is -0.352 e. The molecule has 0 atom stereocenters. The molecule has 6 heteroatoms. The molecule has 0 aromatic rings. The number of thioether (sulfide) groups is 1. The quantitative estimate of drug-likeness (QED) is 0.588. The molecule has 1 fully saturated rings. The summed E-state index contributed by atoms with van der Waals surface area (Å²) < 4.78 is 0. The molecule has 1 aliphatic rings. The molecule has 16 heavy (non-hydrogen) atoms. The molecule has 0 unspecified atom stereocenters. The second kappa shape index (κ2) is 6.75. The molecule has 0 aromatic carbocycles. The van der Waals surface area contributed by atoms with Crippen molar-refractivity contribution < 1.29 is 9.59 Å². The van der Waals surface area contributed by atoms with E-state index in [0.717, 1.165) is 18.6 Å². The van der Waals surface area contributed by atoms with Crippen molar-refractivity contribution in [1.29, 1.82) is 0 Å². The fourth-order valence-corrected chi connectivity index (χ4v) is 1.86. The topological polar surface area (TPSA) is 75.4 Å². The van der Waals surface area contributed by atoms with E-state index in [-0.39, 0.29) is 18.4 Å². The summed E-state index contributed by atoms with van der Waals surface area (Å²) in [6.07, 6.45) is 2.13. The Kier molecular flexibility index (Phi) is 5.62. The number of carbonyl (C=O) groups is 2.